The van der Waals surface area contributed by atoms with E-state index in [-0.39, 0.29) is 29.9 Å². The zero-order chi connectivity index (χ0) is 25.6. The second-order valence-corrected chi connectivity index (χ2v) is 11.0. The molecule has 3 rings (SSSR count). The average molecular weight is 497 g/mol. The number of hydrogen-bond acceptors (Lipinski definition) is 4. The molecule has 0 bridgehead atoms. The van der Waals surface area contributed by atoms with E-state index >= 15 is 0 Å². The normalized spacial score (nSPS) is 12.6. The summed E-state index contributed by atoms with van der Waals surface area (Å²) in [5, 5.41) is 0. The quantitative estimate of drug-likeness (QED) is 0.363. The molecule has 0 N–H and O–H groups in total. The molecule has 0 spiro atoms. The van der Waals surface area contributed by atoms with E-state index in [0.29, 0.717) is 36.3 Å². The Labute approximate surface area is 209 Å². The Morgan fingerprint density at radius 2 is 1.66 bits per heavy atom. The van der Waals surface area contributed by atoms with Crippen molar-refractivity contribution in [1.82, 2.24) is 9.21 Å². The van der Waals surface area contributed by atoms with Crippen LogP contribution in [0.15, 0.2) is 70.2 Å². The van der Waals surface area contributed by atoms with E-state index in [4.69, 9.17) is 4.42 Å². The second kappa shape index (κ2) is 11.7. The SMILES string of the molecule is CCC(C)N(CC(=O)N(CCc1ccccc1)Cc1ccco1)S(=O)(=O)c1c(C)cc(C)cc1C. The maximum atomic E-state index is 13.9. The van der Waals surface area contributed by atoms with Crippen molar-refractivity contribution in [3.8, 4) is 0 Å². The van der Waals surface area contributed by atoms with Gasteiger partial charge in [-0.25, -0.2) is 8.42 Å². The number of hydrogen-bond donors (Lipinski definition) is 0. The molecule has 7 heteroatoms. The smallest absolute Gasteiger partial charge is 0.244 e. The molecule has 0 saturated heterocycles. The Morgan fingerprint density at radius 1 is 1.00 bits per heavy atom. The maximum Gasteiger partial charge on any atom is 0.244 e. The van der Waals surface area contributed by atoms with Crippen molar-refractivity contribution in [2.24, 2.45) is 0 Å². The van der Waals surface area contributed by atoms with Crippen LogP contribution in [0.5, 0.6) is 0 Å². The van der Waals surface area contributed by atoms with Crippen LogP contribution in [-0.4, -0.2) is 42.7 Å². The van der Waals surface area contributed by atoms with Gasteiger partial charge in [0.25, 0.3) is 0 Å². The largest absolute Gasteiger partial charge is 0.467 e. The van der Waals surface area contributed by atoms with E-state index in [1.807, 2.05) is 83.1 Å². The first kappa shape index (κ1) is 26.7. The van der Waals surface area contributed by atoms with Gasteiger partial charge in [-0.15, -0.1) is 0 Å². The van der Waals surface area contributed by atoms with Crippen LogP contribution in [0.2, 0.25) is 0 Å². The van der Waals surface area contributed by atoms with Crippen LogP contribution in [-0.2, 0) is 27.8 Å². The van der Waals surface area contributed by atoms with Crippen molar-refractivity contribution in [1.29, 1.82) is 0 Å². The molecule has 0 aliphatic rings. The third-order valence-electron chi connectivity index (χ3n) is 6.34. The number of furan rings is 1. The molecule has 6 nitrogen and oxygen atoms in total. The van der Waals surface area contributed by atoms with Gasteiger partial charge < -0.3 is 9.32 Å². The lowest BCUT2D eigenvalue weighted by molar-refractivity contribution is -0.132. The first-order chi connectivity index (χ1) is 16.6. The summed E-state index contributed by atoms with van der Waals surface area (Å²) in [7, 11) is -3.89. The number of amides is 1. The molecule has 35 heavy (non-hydrogen) atoms. The summed E-state index contributed by atoms with van der Waals surface area (Å²) in [6.07, 6.45) is 2.84. The topological polar surface area (TPSA) is 70.8 Å². The van der Waals surface area contributed by atoms with E-state index < -0.39 is 10.0 Å². The lowest BCUT2D eigenvalue weighted by Crippen LogP contribution is -2.47. The Kier molecular flexibility index (Phi) is 8.92. The molecule has 1 heterocycles. The minimum Gasteiger partial charge on any atom is -0.467 e. The van der Waals surface area contributed by atoms with Crippen LogP contribution in [0.3, 0.4) is 0 Å². The van der Waals surface area contributed by atoms with Crippen molar-refractivity contribution in [3.05, 3.63) is 88.9 Å². The molecule has 1 atom stereocenters. The molecule has 1 unspecified atom stereocenters. The number of benzene rings is 2. The summed E-state index contributed by atoms with van der Waals surface area (Å²) in [6.45, 7) is 9.88. The van der Waals surface area contributed by atoms with Crippen LogP contribution in [0.1, 0.15) is 48.3 Å². The minimum atomic E-state index is -3.89. The number of nitrogens with zero attached hydrogens (tertiary/aromatic N) is 2. The molecule has 0 fully saturated rings. The lowest BCUT2D eigenvalue weighted by atomic mass is 10.1. The summed E-state index contributed by atoms with van der Waals surface area (Å²) in [4.78, 5) is 15.6. The molecule has 0 aliphatic heterocycles. The number of rotatable bonds is 11. The molecule has 0 saturated carbocycles. The van der Waals surface area contributed by atoms with E-state index in [0.717, 1.165) is 11.1 Å². The fourth-order valence-electron chi connectivity index (χ4n) is 4.40. The summed E-state index contributed by atoms with van der Waals surface area (Å²) < 4.78 is 34.6. The van der Waals surface area contributed by atoms with E-state index in [9.17, 15) is 13.2 Å². The predicted octanol–water partition coefficient (Wildman–Crippen LogP) is 5.27. The zero-order valence-corrected chi connectivity index (χ0v) is 22.1. The highest BCUT2D eigenvalue weighted by atomic mass is 32.2. The fourth-order valence-corrected chi connectivity index (χ4v) is 6.47. The summed E-state index contributed by atoms with van der Waals surface area (Å²) in [5.41, 5.74) is 3.51. The van der Waals surface area contributed by atoms with Crippen LogP contribution in [0.4, 0.5) is 0 Å². The number of carbonyl (C=O) groups is 1. The number of aryl methyl sites for hydroxylation is 3. The Hall–Kier alpha value is -2.90. The van der Waals surface area contributed by atoms with Crippen LogP contribution in [0, 0.1) is 20.8 Å². The third-order valence-corrected chi connectivity index (χ3v) is 8.60. The molecule has 188 valence electrons. The van der Waals surface area contributed by atoms with Crippen molar-refractivity contribution in [2.75, 3.05) is 13.1 Å². The molecule has 3 aromatic rings. The molecular formula is C28H36N2O4S. The van der Waals surface area contributed by atoms with E-state index in [2.05, 4.69) is 0 Å². The van der Waals surface area contributed by atoms with Gasteiger partial charge in [-0.1, -0.05) is 55.0 Å². The fraction of sp³-hybridized carbons (Fsp3) is 0.393. The van der Waals surface area contributed by atoms with Gasteiger partial charge in [-0.2, -0.15) is 4.31 Å². The van der Waals surface area contributed by atoms with Gasteiger partial charge in [0, 0.05) is 12.6 Å². The molecule has 2 aromatic carbocycles. The van der Waals surface area contributed by atoms with Crippen molar-refractivity contribution < 1.29 is 17.6 Å². The average Bonchev–Trinajstić information content (AvgIpc) is 3.32. The standard InChI is InChI=1S/C28H36N2O4S/c1-6-24(5)30(35(32,33)28-22(3)17-21(2)18-23(28)4)20-27(31)29(19-26-13-10-16-34-26)15-14-25-11-8-7-9-12-25/h7-13,16-18,24H,6,14-15,19-20H2,1-5H3. The third kappa shape index (κ3) is 6.61. The lowest BCUT2D eigenvalue weighted by Gasteiger charge is -2.31. The molecular weight excluding hydrogens is 460 g/mol. The Bertz CT molecular complexity index is 1200. The minimum absolute atomic E-state index is 0.223. The molecule has 0 aliphatic carbocycles. The van der Waals surface area contributed by atoms with Gasteiger partial charge >= 0.3 is 0 Å². The first-order valence-electron chi connectivity index (χ1n) is 12.1. The van der Waals surface area contributed by atoms with E-state index in [1.165, 1.54) is 4.31 Å². The summed E-state index contributed by atoms with van der Waals surface area (Å²) >= 11 is 0. The highest BCUT2D eigenvalue weighted by Crippen LogP contribution is 2.27. The Balaban J connectivity index is 1.90. The number of carbonyl (C=O) groups excluding carboxylic acids is 1. The van der Waals surface area contributed by atoms with Gasteiger partial charge in [-0.3, -0.25) is 4.79 Å². The highest BCUT2D eigenvalue weighted by molar-refractivity contribution is 7.89. The summed E-state index contributed by atoms with van der Waals surface area (Å²) in [6, 6.07) is 17.0. The van der Waals surface area contributed by atoms with Gasteiger partial charge in [0.15, 0.2) is 0 Å². The van der Waals surface area contributed by atoms with Gasteiger partial charge in [0.1, 0.15) is 5.76 Å². The zero-order valence-electron chi connectivity index (χ0n) is 21.3. The van der Waals surface area contributed by atoms with Crippen molar-refractivity contribution >= 4 is 15.9 Å². The Morgan fingerprint density at radius 3 is 2.23 bits per heavy atom. The predicted molar refractivity (Wildman–Crippen MR) is 139 cm³/mol. The van der Waals surface area contributed by atoms with Gasteiger partial charge in [0.05, 0.1) is 24.2 Å². The van der Waals surface area contributed by atoms with Gasteiger partial charge in [0.2, 0.25) is 15.9 Å². The van der Waals surface area contributed by atoms with Crippen LogP contribution >= 0.6 is 0 Å². The van der Waals surface area contributed by atoms with Crippen molar-refractivity contribution in [3.63, 3.8) is 0 Å². The van der Waals surface area contributed by atoms with Crippen LogP contribution < -0.4 is 0 Å². The highest BCUT2D eigenvalue weighted by Gasteiger charge is 2.34. The molecule has 0 radical (unpaired) electrons. The monoisotopic (exact) mass is 496 g/mol. The molecule has 1 aromatic heterocycles. The maximum absolute atomic E-state index is 13.9. The number of sulfonamides is 1. The summed E-state index contributed by atoms with van der Waals surface area (Å²) in [5.74, 6) is 0.415. The molecule has 1 amide bonds. The second-order valence-electron chi connectivity index (χ2n) is 9.17. The first-order valence-corrected chi connectivity index (χ1v) is 13.5. The van der Waals surface area contributed by atoms with Gasteiger partial charge in [-0.05, 0) is 69.4 Å². The van der Waals surface area contributed by atoms with Crippen LogP contribution in [0.25, 0.3) is 0 Å². The van der Waals surface area contributed by atoms with Crippen molar-refractivity contribution in [2.45, 2.75) is 64.9 Å². The van der Waals surface area contributed by atoms with E-state index in [1.54, 1.807) is 17.2 Å².